The van der Waals surface area contributed by atoms with Gasteiger partial charge in [-0.15, -0.1) is 0 Å². The van der Waals surface area contributed by atoms with Crippen molar-refractivity contribution >= 4 is 27.3 Å². The van der Waals surface area contributed by atoms with Crippen LogP contribution >= 0.6 is 0 Å². The average Bonchev–Trinajstić information content (AvgIpc) is 3.28. The van der Waals surface area contributed by atoms with E-state index < -0.39 is 15.3 Å². The molecule has 0 radical (unpaired) electrons. The van der Waals surface area contributed by atoms with Crippen LogP contribution < -0.4 is 5.32 Å². The first kappa shape index (κ1) is 18.9. The Morgan fingerprint density at radius 3 is 2.19 bits per heavy atom. The van der Waals surface area contributed by atoms with Crippen molar-refractivity contribution in [3.05, 3.63) is 28.8 Å². The molecule has 1 heterocycles. The number of anilines is 1. The van der Waals surface area contributed by atoms with Crippen LogP contribution in [0.3, 0.4) is 0 Å². The Morgan fingerprint density at radius 1 is 1.15 bits per heavy atom. The van der Waals surface area contributed by atoms with Gasteiger partial charge >= 0.3 is 0 Å². The molecule has 0 bridgehead atoms. The molecule has 1 aromatic rings. The highest BCUT2D eigenvalue weighted by atomic mass is 32.2. The molecule has 0 spiro atoms. The molecular weight excluding hydrogens is 352 g/mol. The Morgan fingerprint density at radius 2 is 1.73 bits per heavy atom. The summed E-state index contributed by atoms with van der Waals surface area (Å²) in [6, 6.07) is 3.67. The van der Waals surface area contributed by atoms with E-state index in [-0.39, 0.29) is 29.4 Å². The summed E-state index contributed by atoms with van der Waals surface area (Å²) in [7, 11) is -1.46. The summed E-state index contributed by atoms with van der Waals surface area (Å²) in [6.45, 7) is 5.88. The van der Waals surface area contributed by atoms with E-state index in [1.54, 1.807) is 7.05 Å². The number of nitrogens with zero attached hydrogens (tertiary/aromatic N) is 1. The SMILES string of the molecule is Cc1cc(C)c(NC(=O)C2(C(=O)N(C)C3CCS(=O)(=O)C3)CC2)c(C)c1. The van der Waals surface area contributed by atoms with Crippen molar-refractivity contribution in [3.8, 4) is 0 Å². The number of benzene rings is 1. The molecule has 1 aromatic carbocycles. The fourth-order valence-corrected chi connectivity index (χ4v) is 5.63. The Balaban J connectivity index is 1.76. The molecule has 2 aliphatic rings. The van der Waals surface area contributed by atoms with E-state index >= 15 is 0 Å². The zero-order valence-corrected chi connectivity index (χ0v) is 16.6. The number of carbonyl (C=O) groups excluding carboxylic acids is 2. The van der Waals surface area contributed by atoms with Crippen LogP contribution in [-0.4, -0.2) is 49.7 Å². The minimum absolute atomic E-state index is 0.0108. The number of amides is 2. The van der Waals surface area contributed by atoms with Gasteiger partial charge in [0.05, 0.1) is 11.5 Å². The summed E-state index contributed by atoms with van der Waals surface area (Å²) in [5.41, 5.74) is 2.76. The fraction of sp³-hybridized carbons (Fsp3) is 0.579. The Hall–Kier alpha value is -1.89. The molecule has 1 aliphatic heterocycles. The van der Waals surface area contributed by atoms with Crippen LogP contribution in [-0.2, 0) is 19.4 Å². The second-order valence-electron chi connectivity index (χ2n) is 7.78. The zero-order chi connectivity index (χ0) is 19.3. The molecule has 6 nitrogen and oxygen atoms in total. The highest BCUT2D eigenvalue weighted by Gasteiger charge is 2.58. The van der Waals surface area contributed by atoms with Crippen molar-refractivity contribution in [2.75, 3.05) is 23.9 Å². The fourth-order valence-electron chi connectivity index (χ4n) is 3.86. The summed E-state index contributed by atoms with van der Waals surface area (Å²) in [5.74, 6) is -0.455. The highest BCUT2D eigenvalue weighted by Crippen LogP contribution is 2.48. The molecule has 7 heteroatoms. The molecular formula is C19H26N2O4S. The van der Waals surface area contributed by atoms with Gasteiger partial charge in [0, 0.05) is 18.8 Å². The minimum Gasteiger partial charge on any atom is -0.341 e. The molecule has 3 rings (SSSR count). The van der Waals surface area contributed by atoms with E-state index in [1.165, 1.54) is 4.90 Å². The molecule has 2 amide bonds. The molecule has 0 aromatic heterocycles. The van der Waals surface area contributed by atoms with Crippen molar-refractivity contribution in [3.63, 3.8) is 0 Å². The van der Waals surface area contributed by atoms with Gasteiger partial charge in [-0.05, 0) is 51.2 Å². The third-order valence-electron chi connectivity index (χ3n) is 5.59. The summed E-state index contributed by atoms with van der Waals surface area (Å²) in [4.78, 5) is 27.3. The largest absolute Gasteiger partial charge is 0.341 e. The minimum atomic E-state index is -3.08. The molecule has 2 fully saturated rings. The van der Waals surface area contributed by atoms with Crippen molar-refractivity contribution in [2.24, 2.45) is 5.41 Å². The van der Waals surface area contributed by atoms with Gasteiger partial charge in [0.1, 0.15) is 5.41 Å². The number of sulfone groups is 1. The molecule has 1 saturated carbocycles. The predicted molar refractivity (Wildman–Crippen MR) is 101 cm³/mol. The van der Waals surface area contributed by atoms with Gasteiger partial charge in [-0.25, -0.2) is 8.42 Å². The number of nitrogens with one attached hydrogen (secondary N) is 1. The van der Waals surface area contributed by atoms with Crippen LogP contribution in [0.4, 0.5) is 5.69 Å². The van der Waals surface area contributed by atoms with Gasteiger partial charge in [0.2, 0.25) is 11.8 Å². The second-order valence-corrected chi connectivity index (χ2v) is 10.0. The van der Waals surface area contributed by atoms with Crippen molar-refractivity contribution in [1.82, 2.24) is 4.90 Å². The monoisotopic (exact) mass is 378 g/mol. The molecule has 1 saturated heterocycles. The number of hydrogen-bond donors (Lipinski definition) is 1. The second kappa shape index (κ2) is 6.37. The van der Waals surface area contributed by atoms with Crippen LogP contribution in [0, 0.1) is 26.2 Å². The molecule has 1 unspecified atom stereocenters. The van der Waals surface area contributed by atoms with E-state index in [9.17, 15) is 18.0 Å². The lowest BCUT2D eigenvalue weighted by molar-refractivity contribution is -0.142. The average molecular weight is 378 g/mol. The topological polar surface area (TPSA) is 83.6 Å². The van der Waals surface area contributed by atoms with Crippen molar-refractivity contribution < 1.29 is 18.0 Å². The normalized spacial score (nSPS) is 22.7. The lowest BCUT2D eigenvalue weighted by atomic mass is 10.0. The van der Waals surface area contributed by atoms with Gasteiger partial charge in [0.25, 0.3) is 0 Å². The smallest absolute Gasteiger partial charge is 0.240 e. The Labute approximate surface area is 154 Å². The lowest BCUT2D eigenvalue weighted by Crippen LogP contribution is -2.46. The van der Waals surface area contributed by atoms with Gasteiger partial charge in [-0.3, -0.25) is 9.59 Å². The first-order valence-corrected chi connectivity index (χ1v) is 10.7. The van der Waals surface area contributed by atoms with Crippen LogP contribution in [0.5, 0.6) is 0 Å². The number of aryl methyl sites for hydroxylation is 3. The quantitative estimate of drug-likeness (QED) is 0.812. The van der Waals surface area contributed by atoms with Crippen molar-refractivity contribution in [1.29, 1.82) is 0 Å². The number of rotatable bonds is 4. The summed E-state index contributed by atoms with van der Waals surface area (Å²) in [6.07, 6.45) is 1.45. The van der Waals surface area contributed by atoms with Gasteiger partial charge in [-0.2, -0.15) is 0 Å². The summed E-state index contributed by atoms with van der Waals surface area (Å²) < 4.78 is 23.4. The summed E-state index contributed by atoms with van der Waals surface area (Å²) in [5, 5.41) is 2.95. The Kier molecular flexibility index (Phi) is 4.63. The molecule has 1 atom stereocenters. The van der Waals surface area contributed by atoms with E-state index in [4.69, 9.17) is 0 Å². The molecule has 26 heavy (non-hydrogen) atoms. The van der Waals surface area contributed by atoms with Crippen LogP contribution in [0.2, 0.25) is 0 Å². The number of carbonyl (C=O) groups is 2. The molecule has 142 valence electrons. The van der Waals surface area contributed by atoms with Gasteiger partial charge < -0.3 is 10.2 Å². The third-order valence-corrected chi connectivity index (χ3v) is 7.34. The van der Waals surface area contributed by atoms with Gasteiger partial charge in [-0.1, -0.05) is 17.7 Å². The van der Waals surface area contributed by atoms with Gasteiger partial charge in [0.15, 0.2) is 9.84 Å². The maximum Gasteiger partial charge on any atom is 0.240 e. The van der Waals surface area contributed by atoms with Crippen LogP contribution in [0.15, 0.2) is 12.1 Å². The van der Waals surface area contributed by atoms with E-state index in [0.29, 0.717) is 19.3 Å². The predicted octanol–water partition coefficient (Wildman–Crippen LogP) is 1.98. The first-order chi connectivity index (χ1) is 12.1. The highest BCUT2D eigenvalue weighted by molar-refractivity contribution is 7.91. The summed E-state index contributed by atoms with van der Waals surface area (Å²) >= 11 is 0. The standard InChI is InChI=1S/C19H26N2O4S/c1-12-9-13(2)16(14(3)10-12)20-17(22)19(6-7-19)18(23)21(4)15-5-8-26(24,25)11-15/h9-10,15H,5-8,11H2,1-4H3,(H,20,22). The van der Waals surface area contributed by atoms with Crippen LogP contribution in [0.1, 0.15) is 36.0 Å². The van der Waals surface area contributed by atoms with E-state index in [2.05, 4.69) is 5.32 Å². The van der Waals surface area contributed by atoms with Crippen molar-refractivity contribution in [2.45, 2.75) is 46.1 Å². The Bertz CT molecular complexity index is 849. The molecule has 1 N–H and O–H groups in total. The van der Waals surface area contributed by atoms with Crippen LogP contribution in [0.25, 0.3) is 0 Å². The molecule has 1 aliphatic carbocycles. The maximum atomic E-state index is 13.0. The maximum absolute atomic E-state index is 13.0. The first-order valence-electron chi connectivity index (χ1n) is 8.93. The van der Waals surface area contributed by atoms with E-state index in [0.717, 1.165) is 22.4 Å². The lowest BCUT2D eigenvalue weighted by Gasteiger charge is -2.28. The van der Waals surface area contributed by atoms with E-state index in [1.807, 2.05) is 32.9 Å². The number of hydrogen-bond acceptors (Lipinski definition) is 4. The third kappa shape index (κ3) is 3.37. The zero-order valence-electron chi connectivity index (χ0n) is 15.8.